The second kappa shape index (κ2) is 8.63. The molecule has 0 radical (unpaired) electrons. The van der Waals surface area contributed by atoms with Gasteiger partial charge < -0.3 is 4.90 Å². The van der Waals surface area contributed by atoms with E-state index in [2.05, 4.69) is 43.4 Å². The number of hydrazine groups is 1. The first-order valence-corrected chi connectivity index (χ1v) is 9.25. The van der Waals surface area contributed by atoms with Crippen LogP contribution in [0.25, 0.3) is 0 Å². The molecule has 1 aromatic carbocycles. The molecule has 0 atom stereocenters. The molecule has 0 unspecified atom stereocenters. The minimum Gasteiger partial charge on any atom is -0.301 e. The maximum absolute atomic E-state index is 11.3. The average Bonchev–Trinajstić information content (AvgIpc) is 2.61. The van der Waals surface area contributed by atoms with Gasteiger partial charge in [-0.05, 0) is 76.1 Å². The molecule has 1 saturated carbocycles. The van der Waals surface area contributed by atoms with E-state index in [1.54, 1.807) is 0 Å². The number of nitrogens with two attached hydrogens (primary N) is 1. The number of hydrogen-bond donors (Lipinski definition) is 2. The van der Waals surface area contributed by atoms with Gasteiger partial charge in [-0.25, -0.2) is 5.84 Å². The van der Waals surface area contributed by atoms with E-state index in [0.29, 0.717) is 12.0 Å². The van der Waals surface area contributed by atoms with Crippen LogP contribution in [0.2, 0.25) is 0 Å². The van der Waals surface area contributed by atoms with Crippen molar-refractivity contribution in [3.8, 4) is 0 Å². The lowest BCUT2D eigenvalue weighted by atomic mass is 9.75. The van der Waals surface area contributed by atoms with Gasteiger partial charge in [0.25, 0.3) is 0 Å². The fraction of sp³-hybridized carbons (Fsp3) is 0.650. The zero-order valence-corrected chi connectivity index (χ0v) is 15.5. The molecular formula is C20H33N3O. The Hall–Kier alpha value is -1.39. The van der Waals surface area contributed by atoms with Gasteiger partial charge in [-0.2, -0.15) is 0 Å². The third-order valence-electron chi connectivity index (χ3n) is 5.97. The molecule has 4 heteroatoms. The smallest absolute Gasteiger partial charge is 0.238 e. The number of hydrogen-bond acceptors (Lipinski definition) is 3. The molecule has 3 N–H and O–H groups in total. The summed E-state index contributed by atoms with van der Waals surface area (Å²) in [5, 5.41) is 0. The van der Waals surface area contributed by atoms with E-state index < -0.39 is 0 Å². The van der Waals surface area contributed by atoms with E-state index in [1.807, 2.05) is 12.1 Å². The van der Waals surface area contributed by atoms with Gasteiger partial charge in [0, 0.05) is 5.54 Å². The Morgan fingerprint density at radius 1 is 1.25 bits per heavy atom. The molecule has 0 bridgehead atoms. The van der Waals surface area contributed by atoms with E-state index in [9.17, 15) is 4.79 Å². The highest BCUT2D eigenvalue weighted by atomic mass is 16.2. The van der Waals surface area contributed by atoms with Crippen molar-refractivity contribution in [2.45, 2.75) is 64.3 Å². The zero-order valence-electron chi connectivity index (χ0n) is 15.5. The molecule has 1 amide bonds. The maximum Gasteiger partial charge on any atom is 0.238 e. The maximum atomic E-state index is 11.3. The number of nitrogens with one attached hydrogen (secondary N) is 1. The van der Waals surface area contributed by atoms with Gasteiger partial charge in [0.1, 0.15) is 0 Å². The highest BCUT2D eigenvalue weighted by Gasteiger charge is 2.33. The van der Waals surface area contributed by atoms with Crippen molar-refractivity contribution in [3.63, 3.8) is 0 Å². The van der Waals surface area contributed by atoms with E-state index >= 15 is 0 Å². The summed E-state index contributed by atoms with van der Waals surface area (Å²) in [6, 6.07) is 8.38. The van der Waals surface area contributed by atoms with Gasteiger partial charge in [-0.1, -0.05) is 31.2 Å². The molecule has 2 rings (SSSR count). The van der Waals surface area contributed by atoms with Crippen molar-refractivity contribution in [2.75, 3.05) is 13.6 Å². The van der Waals surface area contributed by atoms with Crippen molar-refractivity contribution in [1.82, 2.24) is 10.3 Å². The largest absolute Gasteiger partial charge is 0.301 e. The molecule has 1 aromatic rings. The van der Waals surface area contributed by atoms with E-state index in [0.717, 1.165) is 24.4 Å². The van der Waals surface area contributed by atoms with Crippen LogP contribution in [0.4, 0.5) is 0 Å². The Morgan fingerprint density at radius 3 is 2.38 bits per heavy atom. The molecule has 1 fully saturated rings. The number of benzene rings is 1. The molecular weight excluding hydrogens is 298 g/mol. The molecule has 24 heavy (non-hydrogen) atoms. The Bertz CT molecular complexity index is 518. The predicted molar refractivity (Wildman–Crippen MR) is 99.5 cm³/mol. The molecule has 1 aliphatic carbocycles. The molecule has 0 saturated heterocycles. The lowest BCUT2D eigenvalue weighted by Crippen LogP contribution is -2.46. The Balaban J connectivity index is 1.77. The SMILES string of the molecule is CCN(C)C1(C)CCC(CCc2ccc(CC(=O)NN)cc2)CC1. The van der Waals surface area contributed by atoms with Gasteiger partial charge in [0.15, 0.2) is 0 Å². The normalized spacial score (nSPS) is 24.1. The van der Waals surface area contributed by atoms with Crippen molar-refractivity contribution in [2.24, 2.45) is 11.8 Å². The fourth-order valence-electron chi connectivity index (χ4n) is 3.78. The lowest BCUT2D eigenvalue weighted by Gasteiger charge is -2.44. The van der Waals surface area contributed by atoms with Crippen LogP contribution in [0.1, 0.15) is 57.1 Å². The van der Waals surface area contributed by atoms with Gasteiger partial charge in [-0.15, -0.1) is 0 Å². The fourth-order valence-corrected chi connectivity index (χ4v) is 3.78. The van der Waals surface area contributed by atoms with Crippen LogP contribution in [-0.2, 0) is 17.6 Å². The van der Waals surface area contributed by atoms with Gasteiger partial charge in [-0.3, -0.25) is 10.2 Å². The molecule has 0 aliphatic heterocycles. The lowest BCUT2D eigenvalue weighted by molar-refractivity contribution is -0.120. The third kappa shape index (κ3) is 5.05. The van der Waals surface area contributed by atoms with Gasteiger partial charge in [0.05, 0.1) is 6.42 Å². The quantitative estimate of drug-likeness (QED) is 0.459. The van der Waals surface area contributed by atoms with E-state index in [-0.39, 0.29) is 5.91 Å². The average molecular weight is 332 g/mol. The van der Waals surface area contributed by atoms with Crippen LogP contribution in [-0.4, -0.2) is 29.9 Å². The number of carbonyl (C=O) groups is 1. The summed E-state index contributed by atoms with van der Waals surface area (Å²) in [6.45, 7) is 5.80. The van der Waals surface area contributed by atoms with Crippen LogP contribution in [0, 0.1) is 5.92 Å². The standard InChI is InChI=1S/C20H33N3O/c1-4-23(3)20(2)13-11-17(12-14-20)6-5-16-7-9-18(10-8-16)15-19(24)22-21/h7-10,17H,4-6,11-15,21H2,1-3H3,(H,22,24). The summed E-state index contributed by atoms with van der Waals surface area (Å²) in [5.74, 6) is 5.83. The molecule has 0 heterocycles. The third-order valence-corrected chi connectivity index (χ3v) is 5.97. The minimum absolute atomic E-state index is 0.148. The van der Waals surface area contributed by atoms with Crippen molar-refractivity contribution in [1.29, 1.82) is 0 Å². The first kappa shape index (κ1) is 18.9. The highest BCUT2D eigenvalue weighted by molar-refractivity contribution is 5.77. The zero-order chi connectivity index (χ0) is 17.6. The summed E-state index contributed by atoms with van der Waals surface area (Å²) < 4.78 is 0. The van der Waals surface area contributed by atoms with Crippen molar-refractivity contribution < 1.29 is 4.79 Å². The summed E-state index contributed by atoms with van der Waals surface area (Å²) >= 11 is 0. The van der Waals surface area contributed by atoms with Crippen molar-refractivity contribution >= 4 is 5.91 Å². The van der Waals surface area contributed by atoms with Crippen LogP contribution in [0.3, 0.4) is 0 Å². The molecule has 4 nitrogen and oxygen atoms in total. The van der Waals surface area contributed by atoms with Crippen LogP contribution in [0.15, 0.2) is 24.3 Å². The summed E-state index contributed by atoms with van der Waals surface area (Å²) in [5.41, 5.74) is 4.95. The van der Waals surface area contributed by atoms with Gasteiger partial charge in [0.2, 0.25) is 5.91 Å². The summed E-state index contributed by atoms with van der Waals surface area (Å²) in [6.07, 6.45) is 8.07. The summed E-state index contributed by atoms with van der Waals surface area (Å²) in [7, 11) is 2.26. The van der Waals surface area contributed by atoms with Crippen LogP contribution in [0.5, 0.6) is 0 Å². The number of amides is 1. The van der Waals surface area contributed by atoms with Gasteiger partial charge >= 0.3 is 0 Å². The summed E-state index contributed by atoms with van der Waals surface area (Å²) in [4.78, 5) is 13.8. The predicted octanol–water partition coefficient (Wildman–Crippen LogP) is 3.05. The van der Waals surface area contributed by atoms with Crippen molar-refractivity contribution in [3.05, 3.63) is 35.4 Å². The second-order valence-electron chi connectivity index (χ2n) is 7.55. The first-order chi connectivity index (χ1) is 11.5. The number of aryl methyl sites for hydroxylation is 1. The number of carbonyl (C=O) groups excluding carboxylic acids is 1. The monoisotopic (exact) mass is 331 g/mol. The topological polar surface area (TPSA) is 58.4 Å². The Morgan fingerprint density at radius 2 is 1.83 bits per heavy atom. The number of rotatable bonds is 7. The van der Waals surface area contributed by atoms with E-state index in [4.69, 9.17) is 5.84 Å². The first-order valence-electron chi connectivity index (χ1n) is 9.25. The van der Waals surface area contributed by atoms with Crippen LogP contribution >= 0.6 is 0 Å². The second-order valence-corrected chi connectivity index (χ2v) is 7.55. The molecule has 0 aromatic heterocycles. The Labute approximate surface area is 146 Å². The molecule has 134 valence electrons. The van der Waals surface area contributed by atoms with Crippen LogP contribution < -0.4 is 11.3 Å². The van der Waals surface area contributed by atoms with E-state index in [1.165, 1.54) is 37.7 Å². The minimum atomic E-state index is -0.148. The number of nitrogens with zero attached hydrogens (tertiary/aromatic N) is 1. The Kier molecular flexibility index (Phi) is 6.81. The molecule has 0 spiro atoms. The molecule has 1 aliphatic rings. The highest BCUT2D eigenvalue weighted by Crippen LogP contribution is 2.37.